The van der Waals surface area contributed by atoms with Crippen LogP contribution in [0.1, 0.15) is 52.4 Å². The molecule has 1 aliphatic carbocycles. The lowest BCUT2D eigenvalue weighted by Gasteiger charge is -2.25. The lowest BCUT2D eigenvalue weighted by Crippen LogP contribution is -2.40. The first-order chi connectivity index (χ1) is 8.33. The van der Waals surface area contributed by atoms with Gasteiger partial charge < -0.3 is 10.2 Å². The van der Waals surface area contributed by atoms with Gasteiger partial charge in [-0.05, 0) is 44.1 Å². The third-order valence-electron chi connectivity index (χ3n) is 4.60. The fourth-order valence-electron chi connectivity index (χ4n) is 3.75. The minimum Gasteiger partial charge on any atom is -0.313 e. The molecule has 0 bridgehead atoms. The first-order valence-electron chi connectivity index (χ1n) is 7.79. The number of nitrogens with one attached hydrogen (secondary N) is 1. The Kier molecular flexibility index (Phi) is 5.30. The van der Waals surface area contributed by atoms with E-state index in [0.29, 0.717) is 0 Å². The van der Waals surface area contributed by atoms with Crippen LogP contribution in [0.3, 0.4) is 0 Å². The highest BCUT2D eigenvalue weighted by Gasteiger charge is 2.36. The van der Waals surface area contributed by atoms with Crippen molar-refractivity contribution in [2.75, 3.05) is 26.2 Å². The zero-order chi connectivity index (χ0) is 12.1. The second kappa shape index (κ2) is 6.75. The fourth-order valence-corrected chi connectivity index (χ4v) is 3.75. The Morgan fingerprint density at radius 2 is 1.82 bits per heavy atom. The van der Waals surface area contributed by atoms with Crippen LogP contribution < -0.4 is 5.32 Å². The highest BCUT2D eigenvalue weighted by Crippen LogP contribution is 2.37. The van der Waals surface area contributed by atoms with Crippen LogP contribution in [0.5, 0.6) is 0 Å². The molecule has 2 aliphatic rings. The minimum atomic E-state index is 0.735. The molecule has 2 nitrogen and oxygen atoms in total. The van der Waals surface area contributed by atoms with Gasteiger partial charge in [0.1, 0.15) is 0 Å². The van der Waals surface area contributed by atoms with Gasteiger partial charge in [-0.3, -0.25) is 0 Å². The Balaban J connectivity index is 1.74. The van der Waals surface area contributed by atoms with Crippen molar-refractivity contribution in [3.8, 4) is 0 Å². The maximum absolute atomic E-state index is 3.72. The second-order valence-corrected chi connectivity index (χ2v) is 6.11. The smallest absolute Gasteiger partial charge is 0.0194 e. The van der Waals surface area contributed by atoms with Crippen LogP contribution in [0.25, 0.3) is 0 Å². The molecule has 17 heavy (non-hydrogen) atoms. The minimum absolute atomic E-state index is 0.735. The summed E-state index contributed by atoms with van der Waals surface area (Å²) in [6, 6.07) is 0.735. The van der Waals surface area contributed by atoms with Crippen molar-refractivity contribution in [1.29, 1.82) is 0 Å². The van der Waals surface area contributed by atoms with Crippen LogP contribution in [0.2, 0.25) is 0 Å². The van der Waals surface area contributed by atoms with E-state index in [1.165, 1.54) is 64.7 Å². The highest BCUT2D eigenvalue weighted by atomic mass is 15.2. The number of rotatable bonds is 7. The van der Waals surface area contributed by atoms with Crippen LogP contribution in [0, 0.1) is 11.8 Å². The fraction of sp³-hybridized carbons (Fsp3) is 1.00. The topological polar surface area (TPSA) is 15.3 Å². The predicted octanol–water partition coefficient (Wildman–Crippen LogP) is 2.89. The molecule has 1 heterocycles. The van der Waals surface area contributed by atoms with Crippen LogP contribution in [-0.4, -0.2) is 37.1 Å². The molecule has 100 valence electrons. The van der Waals surface area contributed by atoms with Gasteiger partial charge in [-0.2, -0.15) is 0 Å². The van der Waals surface area contributed by atoms with Crippen LogP contribution in [0.15, 0.2) is 0 Å². The number of likely N-dealkylation sites (tertiary alicyclic amines) is 1. The van der Waals surface area contributed by atoms with Crippen molar-refractivity contribution >= 4 is 0 Å². The molecule has 0 aromatic rings. The Morgan fingerprint density at radius 3 is 2.41 bits per heavy atom. The van der Waals surface area contributed by atoms with E-state index in [1.807, 2.05) is 0 Å². The molecule has 0 aromatic heterocycles. The molecule has 1 saturated carbocycles. The van der Waals surface area contributed by atoms with Crippen LogP contribution >= 0.6 is 0 Å². The van der Waals surface area contributed by atoms with Crippen molar-refractivity contribution < 1.29 is 0 Å². The Morgan fingerprint density at radius 1 is 1.12 bits per heavy atom. The summed E-state index contributed by atoms with van der Waals surface area (Å²) in [4.78, 5) is 2.73. The lowest BCUT2D eigenvalue weighted by atomic mass is 10.0. The van der Waals surface area contributed by atoms with E-state index in [-0.39, 0.29) is 0 Å². The summed E-state index contributed by atoms with van der Waals surface area (Å²) >= 11 is 0. The summed E-state index contributed by atoms with van der Waals surface area (Å²) in [5, 5.41) is 3.72. The summed E-state index contributed by atoms with van der Waals surface area (Å²) in [7, 11) is 0. The number of hydrogen-bond donors (Lipinski definition) is 1. The van der Waals surface area contributed by atoms with Gasteiger partial charge in [0, 0.05) is 25.7 Å². The zero-order valence-electron chi connectivity index (χ0n) is 11.8. The predicted molar refractivity (Wildman–Crippen MR) is 74.3 cm³/mol. The van der Waals surface area contributed by atoms with Crippen LogP contribution in [0.4, 0.5) is 0 Å². The van der Waals surface area contributed by atoms with Gasteiger partial charge in [0.15, 0.2) is 0 Å². The maximum Gasteiger partial charge on any atom is 0.0194 e. The van der Waals surface area contributed by atoms with E-state index in [9.17, 15) is 0 Å². The highest BCUT2D eigenvalue weighted by molar-refractivity contribution is 4.89. The van der Waals surface area contributed by atoms with Crippen molar-refractivity contribution in [2.45, 2.75) is 58.4 Å². The summed E-state index contributed by atoms with van der Waals surface area (Å²) in [5.41, 5.74) is 0. The second-order valence-electron chi connectivity index (χ2n) is 6.11. The molecule has 0 radical (unpaired) electrons. The third-order valence-corrected chi connectivity index (χ3v) is 4.60. The molecule has 3 unspecified atom stereocenters. The normalized spacial score (nSPS) is 30.7. The largest absolute Gasteiger partial charge is 0.313 e. The van der Waals surface area contributed by atoms with Crippen LogP contribution in [-0.2, 0) is 0 Å². The first-order valence-corrected chi connectivity index (χ1v) is 7.79. The molecule has 2 rings (SSSR count). The average Bonchev–Trinajstić information content (AvgIpc) is 2.86. The van der Waals surface area contributed by atoms with E-state index in [4.69, 9.17) is 0 Å². The summed E-state index contributed by atoms with van der Waals surface area (Å²) in [6.07, 6.45) is 8.40. The molecule has 1 aliphatic heterocycles. The van der Waals surface area contributed by atoms with E-state index < -0.39 is 0 Å². The zero-order valence-corrected chi connectivity index (χ0v) is 11.8. The first kappa shape index (κ1) is 13.4. The number of nitrogens with zero attached hydrogens (tertiary/aromatic N) is 1. The summed E-state index contributed by atoms with van der Waals surface area (Å²) in [5.74, 6) is 2.09. The standard InChI is InChI=1S/C15H30N2/c1-3-6-15(16-9-4-2)12-17-10-13-7-5-8-14(13)11-17/h13-16H,3-12H2,1-2H3. The molecule has 1 saturated heterocycles. The maximum atomic E-state index is 3.72. The van der Waals surface area contributed by atoms with Crippen molar-refractivity contribution in [3.63, 3.8) is 0 Å². The molecular weight excluding hydrogens is 208 g/mol. The summed E-state index contributed by atoms with van der Waals surface area (Å²) < 4.78 is 0. The van der Waals surface area contributed by atoms with Gasteiger partial charge >= 0.3 is 0 Å². The van der Waals surface area contributed by atoms with Crippen molar-refractivity contribution in [2.24, 2.45) is 11.8 Å². The molecule has 0 aromatic carbocycles. The molecule has 0 amide bonds. The summed E-state index contributed by atoms with van der Waals surface area (Å²) in [6.45, 7) is 9.82. The van der Waals surface area contributed by atoms with Gasteiger partial charge in [0.25, 0.3) is 0 Å². The Bertz CT molecular complexity index is 205. The van der Waals surface area contributed by atoms with Gasteiger partial charge in [0.2, 0.25) is 0 Å². The van der Waals surface area contributed by atoms with Crippen molar-refractivity contribution in [3.05, 3.63) is 0 Å². The van der Waals surface area contributed by atoms with E-state index in [2.05, 4.69) is 24.1 Å². The Labute approximate surface area is 107 Å². The van der Waals surface area contributed by atoms with Gasteiger partial charge in [-0.1, -0.05) is 26.7 Å². The Hall–Kier alpha value is -0.0800. The van der Waals surface area contributed by atoms with E-state index in [1.54, 1.807) is 0 Å². The van der Waals surface area contributed by atoms with Gasteiger partial charge in [-0.15, -0.1) is 0 Å². The van der Waals surface area contributed by atoms with E-state index in [0.717, 1.165) is 17.9 Å². The molecular formula is C15H30N2. The van der Waals surface area contributed by atoms with E-state index >= 15 is 0 Å². The SMILES string of the molecule is CCCNC(CCC)CN1CC2CCCC2C1. The molecule has 2 fully saturated rings. The molecule has 2 heteroatoms. The molecule has 1 N–H and O–H groups in total. The van der Waals surface area contributed by atoms with Gasteiger partial charge in [0.05, 0.1) is 0 Å². The quantitative estimate of drug-likeness (QED) is 0.733. The third kappa shape index (κ3) is 3.69. The molecule has 3 atom stereocenters. The van der Waals surface area contributed by atoms with Gasteiger partial charge in [-0.25, -0.2) is 0 Å². The monoisotopic (exact) mass is 238 g/mol. The van der Waals surface area contributed by atoms with Crippen molar-refractivity contribution in [1.82, 2.24) is 10.2 Å². The lowest BCUT2D eigenvalue weighted by molar-refractivity contribution is 0.263. The molecule has 0 spiro atoms. The average molecular weight is 238 g/mol. The number of hydrogen-bond acceptors (Lipinski definition) is 2. The number of fused-ring (bicyclic) bond motifs is 1.